The van der Waals surface area contributed by atoms with Gasteiger partial charge in [-0.2, -0.15) is 0 Å². The van der Waals surface area contributed by atoms with Gasteiger partial charge in [0.2, 0.25) is 0 Å². The van der Waals surface area contributed by atoms with Gasteiger partial charge < -0.3 is 4.74 Å². The van der Waals surface area contributed by atoms with Crippen molar-refractivity contribution < 1.29 is 14.3 Å². The predicted octanol–water partition coefficient (Wildman–Crippen LogP) is 3.89. The highest BCUT2D eigenvalue weighted by molar-refractivity contribution is 9.11. The van der Waals surface area contributed by atoms with Crippen molar-refractivity contribution in [3.63, 3.8) is 0 Å². The monoisotopic (exact) mass is 453 g/mol. The van der Waals surface area contributed by atoms with Gasteiger partial charge in [-0.25, -0.2) is 0 Å². The van der Waals surface area contributed by atoms with Crippen LogP contribution in [0.2, 0.25) is 0 Å². The zero-order chi connectivity index (χ0) is 17.0. The molecule has 0 aliphatic carbocycles. The van der Waals surface area contributed by atoms with E-state index in [4.69, 9.17) is 17.6 Å². The van der Waals surface area contributed by atoms with E-state index in [1.165, 1.54) is 0 Å². The van der Waals surface area contributed by atoms with Gasteiger partial charge >= 0.3 is 0 Å². The summed E-state index contributed by atoms with van der Waals surface area (Å²) in [6.07, 6.45) is 12.0. The van der Waals surface area contributed by atoms with Gasteiger partial charge in [-0.15, -0.1) is 12.8 Å². The number of carbonyl (C=O) groups is 2. The van der Waals surface area contributed by atoms with Crippen LogP contribution in [-0.4, -0.2) is 29.2 Å². The third-order valence-electron chi connectivity index (χ3n) is 2.74. The molecule has 1 aliphatic heterocycles. The maximum absolute atomic E-state index is 12.1. The third-order valence-corrected chi connectivity index (χ3v) is 4.83. The van der Waals surface area contributed by atoms with Crippen LogP contribution in [0.15, 0.2) is 26.0 Å². The first-order chi connectivity index (χ1) is 11.0. The van der Waals surface area contributed by atoms with E-state index in [0.29, 0.717) is 19.6 Å². The summed E-state index contributed by atoms with van der Waals surface area (Å²) in [5.41, 5.74) is 0.725. The lowest BCUT2D eigenvalue weighted by Crippen LogP contribution is -2.28. The molecule has 1 aliphatic rings. The lowest BCUT2D eigenvalue weighted by Gasteiger charge is -2.09. The largest absolute Gasteiger partial charge is 0.479 e. The molecule has 1 saturated heterocycles. The van der Waals surface area contributed by atoms with Gasteiger partial charge in [-0.3, -0.25) is 14.5 Å². The molecule has 0 N–H and O–H groups in total. The highest BCUT2D eigenvalue weighted by Crippen LogP contribution is 2.37. The Kier molecular flexibility index (Phi) is 5.95. The summed E-state index contributed by atoms with van der Waals surface area (Å²) in [5.74, 6) is 4.86. The smallest absolute Gasteiger partial charge is 0.294 e. The predicted molar refractivity (Wildman–Crippen MR) is 97.7 cm³/mol. The van der Waals surface area contributed by atoms with Crippen molar-refractivity contribution in [2.75, 3.05) is 13.2 Å². The summed E-state index contributed by atoms with van der Waals surface area (Å²) >= 11 is 7.65. The van der Waals surface area contributed by atoms with E-state index in [9.17, 15) is 9.59 Å². The Labute approximate surface area is 154 Å². The molecule has 1 aromatic carbocycles. The molecule has 7 heteroatoms. The van der Waals surface area contributed by atoms with Gasteiger partial charge in [0.25, 0.3) is 11.1 Å². The van der Waals surface area contributed by atoms with Crippen LogP contribution in [-0.2, 0) is 4.79 Å². The van der Waals surface area contributed by atoms with Crippen molar-refractivity contribution in [2.24, 2.45) is 0 Å². The summed E-state index contributed by atoms with van der Waals surface area (Å²) in [6, 6.07) is 3.54. The number of imide groups is 1. The minimum atomic E-state index is -0.391. The first kappa shape index (κ1) is 17.7. The minimum Gasteiger partial charge on any atom is -0.479 e. The standard InChI is InChI=1S/C16H9Br2NO3S/c1-3-5-19-15(20)13(23-16(19)21)9-10-7-11(17)14(12(18)8-10)22-6-4-2/h1-2,7-9H,5-6H2/b13-9+. The van der Waals surface area contributed by atoms with Gasteiger partial charge in [-0.1, -0.05) is 11.8 Å². The maximum Gasteiger partial charge on any atom is 0.294 e. The van der Waals surface area contributed by atoms with Crippen LogP contribution < -0.4 is 4.74 Å². The molecule has 1 aromatic rings. The molecule has 0 saturated carbocycles. The quantitative estimate of drug-likeness (QED) is 0.511. The number of benzene rings is 1. The van der Waals surface area contributed by atoms with E-state index in [1.54, 1.807) is 18.2 Å². The van der Waals surface area contributed by atoms with Crippen LogP contribution in [0.1, 0.15) is 5.56 Å². The second-order valence-electron chi connectivity index (χ2n) is 4.28. The van der Waals surface area contributed by atoms with Crippen molar-refractivity contribution in [3.8, 4) is 30.4 Å². The van der Waals surface area contributed by atoms with E-state index in [0.717, 1.165) is 22.2 Å². The molecule has 0 spiro atoms. The Morgan fingerprint density at radius 3 is 2.43 bits per heavy atom. The van der Waals surface area contributed by atoms with Crippen molar-refractivity contribution in [1.82, 2.24) is 4.90 Å². The number of nitrogens with zero attached hydrogens (tertiary/aromatic N) is 1. The molecule has 1 heterocycles. The average Bonchev–Trinajstić information content (AvgIpc) is 2.74. The number of ether oxygens (including phenoxy) is 1. The van der Waals surface area contributed by atoms with E-state index < -0.39 is 5.91 Å². The lowest BCUT2D eigenvalue weighted by atomic mass is 10.2. The number of carbonyl (C=O) groups excluding carboxylic acids is 2. The van der Waals surface area contributed by atoms with E-state index in [-0.39, 0.29) is 18.4 Å². The highest BCUT2D eigenvalue weighted by atomic mass is 79.9. The topological polar surface area (TPSA) is 46.6 Å². The normalized spacial score (nSPS) is 15.7. The second-order valence-corrected chi connectivity index (χ2v) is 6.98. The van der Waals surface area contributed by atoms with Crippen LogP contribution >= 0.6 is 43.6 Å². The Bertz CT molecular complexity index is 766. The number of terminal acetylenes is 2. The average molecular weight is 455 g/mol. The molecule has 1 fully saturated rings. The van der Waals surface area contributed by atoms with Crippen LogP contribution in [0.5, 0.6) is 5.75 Å². The first-order valence-electron chi connectivity index (χ1n) is 6.22. The van der Waals surface area contributed by atoms with Gasteiger partial charge in [0.05, 0.1) is 20.4 Å². The number of hydrogen-bond donors (Lipinski definition) is 0. The van der Waals surface area contributed by atoms with E-state index in [2.05, 4.69) is 43.7 Å². The highest BCUT2D eigenvalue weighted by Gasteiger charge is 2.34. The summed E-state index contributed by atoms with van der Waals surface area (Å²) in [7, 11) is 0. The molecule has 2 amide bonds. The van der Waals surface area contributed by atoms with Crippen LogP contribution in [0.4, 0.5) is 4.79 Å². The Balaban J connectivity index is 2.31. The zero-order valence-corrected chi connectivity index (χ0v) is 15.6. The van der Waals surface area contributed by atoms with Crippen molar-refractivity contribution in [3.05, 3.63) is 31.5 Å². The lowest BCUT2D eigenvalue weighted by molar-refractivity contribution is -0.122. The van der Waals surface area contributed by atoms with Crippen molar-refractivity contribution in [1.29, 1.82) is 0 Å². The number of amides is 2. The number of halogens is 2. The first-order valence-corrected chi connectivity index (χ1v) is 8.62. The fourth-order valence-electron chi connectivity index (χ4n) is 1.79. The molecule has 0 atom stereocenters. The van der Waals surface area contributed by atoms with Gasteiger partial charge in [0.1, 0.15) is 12.4 Å². The van der Waals surface area contributed by atoms with Crippen LogP contribution in [0.3, 0.4) is 0 Å². The van der Waals surface area contributed by atoms with E-state index >= 15 is 0 Å². The molecule has 4 nitrogen and oxygen atoms in total. The molecular weight excluding hydrogens is 446 g/mol. The Morgan fingerprint density at radius 1 is 1.22 bits per heavy atom. The summed E-state index contributed by atoms with van der Waals surface area (Å²) in [6.45, 7) is 0.107. The zero-order valence-electron chi connectivity index (χ0n) is 11.6. The Hall–Kier alpha value is -1.67. The summed E-state index contributed by atoms with van der Waals surface area (Å²) in [5, 5.41) is -0.369. The fourth-order valence-corrected chi connectivity index (χ4v) is 4.08. The maximum atomic E-state index is 12.1. The van der Waals surface area contributed by atoms with E-state index in [1.807, 2.05) is 0 Å². The van der Waals surface area contributed by atoms with Crippen LogP contribution in [0.25, 0.3) is 6.08 Å². The molecule has 0 radical (unpaired) electrons. The second kappa shape index (κ2) is 7.74. The fraction of sp³-hybridized carbons (Fsp3) is 0.125. The molecule has 0 unspecified atom stereocenters. The van der Waals surface area contributed by atoms with Gasteiger partial charge in [-0.05, 0) is 67.4 Å². The van der Waals surface area contributed by atoms with Gasteiger partial charge in [0.15, 0.2) is 0 Å². The number of thioether (sulfide) groups is 1. The summed E-state index contributed by atoms with van der Waals surface area (Å²) in [4.78, 5) is 25.2. The number of hydrogen-bond acceptors (Lipinski definition) is 4. The molecule has 0 bridgehead atoms. The minimum absolute atomic E-state index is 0.0335. The van der Waals surface area contributed by atoms with Crippen LogP contribution in [0, 0.1) is 24.7 Å². The molecule has 116 valence electrons. The van der Waals surface area contributed by atoms with Gasteiger partial charge in [0, 0.05) is 0 Å². The SMILES string of the molecule is C#CCOc1c(Br)cc(/C=C2/SC(=O)N(CC#C)C2=O)cc1Br. The Morgan fingerprint density at radius 2 is 1.87 bits per heavy atom. The number of rotatable bonds is 4. The van der Waals surface area contributed by atoms with Crippen molar-refractivity contribution >= 4 is 60.8 Å². The summed E-state index contributed by atoms with van der Waals surface area (Å²) < 4.78 is 6.78. The molecule has 2 rings (SSSR count). The molecule has 23 heavy (non-hydrogen) atoms. The molecular formula is C16H9Br2NO3S. The van der Waals surface area contributed by atoms with Crippen molar-refractivity contribution in [2.45, 2.75) is 0 Å². The molecule has 0 aromatic heterocycles. The third kappa shape index (κ3) is 4.00.